The van der Waals surface area contributed by atoms with Crippen molar-refractivity contribution in [2.75, 3.05) is 5.32 Å². The van der Waals surface area contributed by atoms with E-state index in [4.69, 9.17) is 0 Å². The third-order valence-corrected chi connectivity index (χ3v) is 4.97. The van der Waals surface area contributed by atoms with Crippen molar-refractivity contribution < 1.29 is 35.5 Å². The first-order valence-electron chi connectivity index (χ1n) is 7.95. The number of carbonyl (C=O) groups excluding carboxylic acids is 1. The van der Waals surface area contributed by atoms with Crippen LogP contribution in [0.4, 0.5) is 23.2 Å². The summed E-state index contributed by atoms with van der Waals surface area (Å²) in [6.07, 6.45) is -4.83. The van der Waals surface area contributed by atoms with Crippen molar-refractivity contribution in [3.05, 3.63) is 54.3 Å². The van der Waals surface area contributed by atoms with Crippen molar-refractivity contribution in [2.45, 2.75) is 30.6 Å². The maximum absolute atomic E-state index is 12.9. The minimum atomic E-state index is -4.89. The highest BCUT2D eigenvalue weighted by atomic mass is 32.2. The Bertz CT molecular complexity index is 931. The molecule has 0 aliphatic carbocycles. The Balaban J connectivity index is 2.11. The van der Waals surface area contributed by atoms with Crippen LogP contribution in [-0.4, -0.2) is 26.7 Å². The zero-order valence-electron chi connectivity index (χ0n) is 14.5. The SMILES string of the molecule is CCC(NS(=O)(=O)c1ccc(F)cc1)C(=O)Nc1cccc(OC(F)(F)F)c1. The van der Waals surface area contributed by atoms with Crippen LogP contribution in [0, 0.1) is 5.82 Å². The Hall–Kier alpha value is -2.66. The van der Waals surface area contributed by atoms with Crippen LogP contribution >= 0.6 is 0 Å². The maximum atomic E-state index is 12.9. The van der Waals surface area contributed by atoms with Crippen LogP contribution in [0.15, 0.2) is 53.4 Å². The Kier molecular flexibility index (Phi) is 6.62. The van der Waals surface area contributed by atoms with Gasteiger partial charge in [-0.15, -0.1) is 13.2 Å². The molecular formula is C17H16F4N2O4S. The molecule has 0 fully saturated rings. The summed E-state index contributed by atoms with van der Waals surface area (Å²) in [6, 6.07) is 7.36. The van der Waals surface area contributed by atoms with Crippen LogP contribution in [0.5, 0.6) is 5.75 Å². The van der Waals surface area contributed by atoms with Gasteiger partial charge in [0.2, 0.25) is 15.9 Å². The largest absolute Gasteiger partial charge is 0.573 e. The first-order valence-corrected chi connectivity index (χ1v) is 9.43. The van der Waals surface area contributed by atoms with Gasteiger partial charge in [-0.25, -0.2) is 12.8 Å². The molecule has 0 saturated heterocycles. The average Bonchev–Trinajstić information content (AvgIpc) is 2.58. The van der Waals surface area contributed by atoms with E-state index in [1.165, 1.54) is 12.1 Å². The highest BCUT2D eigenvalue weighted by Crippen LogP contribution is 2.25. The lowest BCUT2D eigenvalue weighted by Gasteiger charge is -2.17. The number of alkyl halides is 3. The quantitative estimate of drug-likeness (QED) is 0.673. The fourth-order valence-corrected chi connectivity index (χ4v) is 3.47. The summed E-state index contributed by atoms with van der Waals surface area (Å²) in [7, 11) is -4.11. The van der Waals surface area contributed by atoms with E-state index in [0.29, 0.717) is 0 Å². The number of nitrogens with one attached hydrogen (secondary N) is 2. The third-order valence-electron chi connectivity index (χ3n) is 3.48. The number of benzene rings is 2. The molecule has 0 aromatic heterocycles. The molecule has 6 nitrogen and oxygen atoms in total. The molecule has 0 spiro atoms. The molecule has 1 atom stereocenters. The Morgan fingerprint density at radius 3 is 2.36 bits per heavy atom. The molecule has 2 rings (SSSR count). The van der Waals surface area contributed by atoms with Gasteiger partial charge < -0.3 is 10.1 Å². The van der Waals surface area contributed by atoms with Gasteiger partial charge in [-0.3, -0.25) is 4.79 Å². The average molecular weight is 420 g/mol. The molecule has 0 aliphatic rings. The fourth-order valence-electron chi connectivity index (χ4n) is 2.19. The lowest BCUT2D eigenvalue weighted by Crippen LogP contribution is -2.43. The van der Waals surface area contributed by atoms with E-state index in [-0.39, 0.29) is 17.0 Å². The van der Waals surface area contributed by atoms with Crippen molar-refractivity contribution in [1.82, 2.24) is 4.72 Å². The molecule has 0 radical (unpaired) electrons. The van der Waals surface area contributed by atoms with E-state index in [2.05, 4.69) is 14.8 Å². The van der Waals surface area contributed by atoms with Gasteiger partial charge in [0.05, 0.1) is 4.90 Å². The fraction of sp³-hybridized carbons (Fsp3) is 0.235. The highest BCUT2D eigenvalue weighted by molar-refractivity contribution is 7.89. The molecule has 2 aromatic carbocycles. The molecule has 1 unspecified atom stereocenters. The number of amides is 1. The second kappa shape index (κ2) is 8.57. The summed E-state index contributed by atoms with van der Waals surface area (Å²) in [4.78, 5) is 12.1. The van der Waals surface area contributed by atoms with Crippen molar-refractivity contribution in [3.8, 4) is 5.75 Å². The molecular weight excluding hydrogens is 404 g/mol. The predicted octanol–water partition coefficient (Wildman–Crippen LogP) is 3.42. The van der Waals surface area contributed by atoms with E-state index in [1.54, 1.807) is 6.92 Å². The molecule has 152 valence electrons. The lowest BCUT2D eigenvalue weighted by molar-refractivity contribution is -0.274. The maximum Gasteiger partial charge on any atom is 0.573 e. The highest BCUT2D eigenvalue weighted by Gasteiger charge is 2.31. The molecule has 28 heavy (non-hydrogen) atoms. The van der Waals surface area contributed by atoms with Crippen LogP contribution in [0.2, 0.25) is 0 Å². The number of hydrogen-bond donors (Lipinski definition) is 2. The molecule has 0 bridgehead atoms. The summed E-state index contributed by atoms with van der Waals surface area (Å²) in [6.45, 7) is 1.54. The normalized spacial score (nSPS) is 13.0. The van der Waals surface area contributed by atoms with E-state index >= 15 is 0 Å². The minimum Gasteiger partial charge on any atom is -0.406 e. The standard InChI is InChI=1S/C17H16F4N2O4S/c1-2-15(23-28(25,26)14-8-6-11(18)7-9-14)16(24)22-12-4-3-5-13(10-12)27-17(19,20)21/h3-10,15,23H,2H2,1H3,(H,22,24). The number of sulfonamides is 1. The lowest BCUT2D eigenvalue weighted by atomic mass is 10.2. The van der Waals surface area contributed by atoms with Crippen LogP contribution < -0.4 is 14.8 Å². The van der Waals surface area contributed by atoms with E-state index in [0.717, 1.165) is 36.4 Å². The van der Waals surface area contributed by atoms with E-state index in [9.17, 15) is 30.8 Å². The Morgan fingerprint density at radius 1 is 1.14 bits per heavy atom. The Morgan fingerprint density at radius 2 is 1.79 bits per heavy atom. The summed E-state index contributed by atoms with van der Waals surface area (Å²) in [5, 5.41) is 2.33. The van der Waals surface area contributed by atoms with Gasteiger partial charge in [0.25, 0.3) is 0 Å². The van der Waals surface area contributed by atoms with Gasteiger partial charge in [0, 0.05) is 11.8 Å². The molecule has 1 amide bonds. The van der Waals surface area contributed by atoms with Crippen molar-refractivity contribution in [2.24, 2.45) is 0 Å². The van der Waals surface area contributed by atoms with Gasteiger partial charge in [0.1, 0.15) is 17.6 Å². The topological polar surface area (TPSA) is 84.5 Å². The third kappa shape index (κ3) is 6.20. The number of carbonyl (C=O) groups is 1. The number of hydrogen-bond acceptors (Lipinski definition) is 4. The van der Waals surface area contributed by atoms with Gasteiger partial charge in [-0.05, 0) is 42.8 Å². The van der Waals surface area contributed by atoms with E-state index < -0.39 is 39.9 Å². The minimum absolute atomic E-state index is 0.00817. The molecule has 2 N–H and O–H groups in total. The van der Waals surface area contributed by atoms with Gasteiger partial charge in [-0.2, -0.15) is 4.72 Å². The first kappa shape index (κ1) is 21.6. The summed E-state index contributed by atoms with van der Waals surface area (Å²) in [5.41, 5.74) is -0.00817. The number of rotatable bonds is 7. The van der Waals surface area contributed by atoms with E-state index in [1.807, 2.05) is 0 Å². The van der Waals surface area contributed by atoms with Crippen LogP contribution in [0.25, 0.3) is 0 Å². The van der Waals surface area contributed by atoms with Crippen molar-refractivity contribution in [1.29, 1.82) is 0 Å². The summed E-state index contributed by atoms with van der Waals surface area (Å²) in [5.74, 6) is -1.94. The van der Waals surface area contributed by atoms with Crippen molar-refractivity contribution >= 4 is 21.6 Å². The first-order chi connectivity index (χ1) is 13.0. The Labute approximate surface area is 158 Å². The molecule has 0 saturated carbocycles. The molecule has 0 aliphatic heterocycles. The second-order valence-corrected chi connectivity index (χ2v) is 7.31. The predicted molar refractivity (Wildman–Crippen MR) is 92.6 cm³/mol. The number of ether oxygens (including phenoxy) is 1. The molecule has 11 heteroatoms. The summed E-state index contributed by atoms with van der Waals surface area (Å²) < 4.78 is 80.4. The number of halogens is 4. The zero-order chi connectivity index (χ0) is 20.9. The van der Waals surface area contributed by atoms with Gasteiger partial charge in [-0.1, -0.05) is 13.0 Å². The summed E-state index contributed by atoms with van der Waals surface area (Å²) >= 11 is 0. The van der Waals surface area contributed by atoms with Crippen LogP contribution in [0.1, 0.15) is 13.3 Å². The van der Waals surface area contributed by atoms with Gasteiger partial charge >= 0.3 is 6.36 Å². The molecule has 0 heterocycles. The monoisotopic (exact) mass is 420 g/mol. The number of anilines is 1. The smallest absolute Gasteiger partial charge is 0.406 e. The van der Waals surface area contributed by atoms with Crippen LogP contribution in [0.3, 0.4) is 0 Å². The van der Waals surface area contributed by atoms with Crippen molar-refractivity contribution in [3.63, 3.8) is 0 Å². The molecule has 2 aromatic rings. The zero-order valence-corrected chi connectivity index (χ0v) is 15.3. The second-order valence-electron chi connectivity index (χ2n) is 5.60. The van der Waals surface area contributed by atoms with Crippen LogP contribution in [-0.2, 0) is 14.8 Å². The van der Waals surface area contributed by atoms with Gasteiger partial charge in [0.15, 0.2) is 0 Å².